The zero-order valence-electron chi connectivity index (χ0n) is 8.13. The van der Waals surface area contributed by atoms with Gasteiger partial charge in [-0.25, -0.2) is 17.8 Å². The molecule has 0 saturated carbocycles. The summed E-state index contributed by atoms with van der Waals surface area (Å²) in [5.74, 6) is -0.170. The van der Waals surface area contributed by atoms with Crippen LogP contribution in [0, 0.1) is 5.82 Å². The average molecular weight is 241 g/mol. The van der Waals surface area contributed by atoms with E-state index in [1.54, 1.807) is 6.07 Å². The van der Waals surface area contributed by atoms with Crippen LogP contribution in [0.4, 0.5) is 4.39 Å². The third-order valence-electron chi connectivity index (χ3n) is 1.95. The largest absolute Gasteiger partial charge is 0.486 e. The van der Waals surface area contributed by atoms with Crippen LogP contribution in [0.1, 0.15) is 0 Å². The van der Waals surface area contributed by atoms with Gasteiger partial charge in [0.05, 0.1) is 5.41 Å². The van der Waals surface area contributed by atoms with Gasteiger partial charge in [-0.3, -0.25) is 0 Å². The molecule has 16 heavy (non-hydrogen) atoms. The molecule has 0 radical (unpaired) electrons. The van der Waals surface area contributed by atoms with E-state index in [-0.39, 0.29) is 17.4 Å². The standard InChI is InChI=1S/C10H8FNO3S/c11-8-2-1-3-9(6-8)15-7-10-12-4-5-16(10,13)14/h1-6H,7H2. The van der Waals surface area contributed by atoms with Crippen molar-refractivity contribution in [1.29, 1.82) is 0 Å². The topological polar surface area (TPSA) is 55.7 Å². The maximum Gasteiger partial charge on any atom is 0.218 e. The van der Waals surface area contributed by atoms with Crippen LogP contribution >= 0.6 is 0 Å². The van der Waals surface area contributed by atoms with Crippen LogP contribution in [0.3, 0.4) is 0 Å². The molecular weight excluding hydrogens is 233 g/mol. The maximum atomic E-state index is 12.8. The first-order chi connectivity index (χ1) is 7.58. The SMILES string of the molecule is O=S1(=O)C=CN=C1COc1cccc(F)c1. The van der Waals surface area contributed by atoms with Gasteiger partial charge in [-0.2, -0.15) is 0 Å². The first-order valence-electron chi connectivity index (χ1n) is 4.45. The van der Waals surface area contributed by atoms with Crippen molar-refractivity contribution >= 4 is 14.9 Å². The second-order valence-electron chi connectivity index (χ2n) is 3.10. The number of hydrogen-bond donors (Lipinski definition) is 0. The molecule has 0 unspecified atom stereocenters. The van der Waals surface area contributed by atoms with E-state index in [0.717, 1.165) is 5.41 Å². The van der Waals surface area contributed by atoms with Crippen LogP contribution in [0.5, 0.6) is 5.75 Å². The molecule has 0 aliphatic carbocycles. The molecule has 0 fully saturated rings. The molecule has 0 atom stereocenters. The van der Waals surface area contributed by atoms with Crippen molar-refractivity contribution in [3.05, 3.63) is 41.7 Å². The lowest BCUT2D eigenvalue weighted by molar-refractivity contribution is 0.376. The van der Waals surface area contributed by atoms with Crippen molar-refractivity contribution in [2.24, 2.45) is 4.99 Å². The molecule has 4 nitrogen and oxygen atoms in total. The number of nitrogens with zero attached hydrogens (tertiary/aromatic N) is 1. The molecule has 6 heteroatoms. The number of halogens is 1. The molecule has 0 spiro atoms. The van der Waals surface area contributed by atoms with E-state index in [2.05, 4.69) is 4.99 Å². The third kappa shape index (κ3) is 2.27. The zero-order valence-corrected chi connectivity index (χ0v) is 8.95. The summed E-state index contributed by atoms with van der Waals surface area (Å²) < 4.78 is 40.5. The third-order valence-corrected chi connectivity index (χ3v) is 3.31. The minimum atomic E-state index is -3.42. The van der Waals surface area contributed by atoms with Crippen LogP contribution < -0.4 is 4.74 Å². The Morgan fingerprint density at radius 2 is 2.19 bits per heavy atom. The molecule has 1 aliphatic heterocycles. The summed E-state index contributed by atoms with van der Waals surface area (Å²) in [7, 11) is -3.42. The summed E-state index contributed by atoms with van der Waals surface area (Å²) in [4.78, 5) is 3.66. The van der Waals surface area contributed by atoms with Gasteiger partial charge in [0.15, 0.2) is 5.04 Å². The van der Waals surface area contributed by atoms with Crippen LogP contribution in [0.15, 0.2) is 40.9 Å². The number of sulfone groups is 1. The number of ether oxygens (including phenoxy) is 1. The van der Waals surface area contributed by atoms with Gasteiger partial charge in [-0.15, -0.1) is 0 Å². The molecule has 0 bridgehead atoms. The van der Waals surface area contributed by atoms with E-state index in [0.29, 0.717) is 0 Å². The normalized spacial score (nSPS) is 17.2. The van der Waals surface area contributed by atoms with E-state index in [1.165, 1.54) is 24.4 Å². The Hall–Kier alpha value is -1.69. The van der Waals surface area contributed by atoms with E-state index in [9.17, 15) is 12.8 Å². The summed E-state index contributed by atoms with van der Waals surface area (Å²) in [5.41, 5.74) is 0. The number of aliphatic imine (C=N–C) groups is 1. The Morgan fingerprint density at radius 1 is 1.38 bits per heavy atom. The predicted molar refractivity (Wildman–Crippen MR) is 57.4 cm³/mol. The lowest BCUT2D eigenvalue weighted by atomic mass is 10.3. The monoisotopic (exact) mass is 241 g/mol. The minimum Gasteiger partial charge on any atom is -0.486 e. The molecule has 0 aromatic heterocycles. The Bertz CT molecular complexity index is 563. The summed E-state index contributed by atoms with van der Waals surface area (Å²) in [6.45, 7) is -0.196. The highest BCUT2D eigenvalue weighted by molar-refractivity contribution is 8.09. The molecule has 2 rings (SSSR count). The van der Waals surface area contributed by atoms with Crippen LogP contribution in [0.2, 0.25) is 0 Å². The van der Waals surface area contributed by atoms with Gasteiger partial charge in [-0.1, -0.05) is 6.07 Å². The summed E-state index contributed by atoms with van der Waals surface area (Å²) in [6.07, 6.45) is 1.19. The quantitative estimate of drug-likeness (QED) is 0.805. The Labute approximate surface area is 92.0 Å². The van der Waals surface area contributed by atoms with E-state index < -0.39 is 15.7 Å². The van der Waals surface area contributed by atoms with Crippen molar-refractivity contribution in [2.75, 3.05) is 6.61 Å². The molecule has 1 aromatic carbocycles. The highest BCUT2D eigenvalue weighted by Crippen LogP contribution is 2.13. The predicted octanol–water partition coefficient (Wildman–Crippen LogP) is 1.50. The van der Waals surface area contributed by atoms with Gasteiger partial charge in [0.1, 0.15) is 18.2 Å². The van der Waals surface area contributed by atoms with E-state index in [1.807, 2.05) is 0 Å². The Balaban J connectivity index is 2.04. The molecule has 0 N–H and O–H groups in total. The average Bonchev–Trinajstić information content (AvgIpc) is 2.55. The molecule has 0 saturated heterocycles. The number of rotatable bonds is 3. The first-order valence-corrected chi connectivity index (χ1v) is 5.99. The molecular formula is C10H8FNO3S. The summed E-state index contributed by atoms with van der Waals surface area (Å²) in [6, 6.07) is 5.47. The van der Waals surface area contributed by atoms with Crippen LogP contribution in [-0.4, -0.2) is 20.1 Å². The molecule has 84 valence electrons. The second kappa shape index (κ2) is 4.05. The van der Waals surface area contributed by atoms with E-state index in [4.69, 9.17) is 4.74 Å². The van der Waals surface area contributed by atoms with Crippen molar-refractivity contribution in [2.45, 2.75) is 0 Å². The maximum absolute atomic E-state index is 12.8. The Kier molecular flexibility index (Phi) is 2.74. The second-order valence-corrected chi connectivity index (χ2v) is 4.93. The van der Waals surface area contributed by atoms with Crippen molar-refractivity contribution in [3.63, 3.8) is 0 Å². The fourth-order valence-corrected chi connectivity index (χ4v) is 1.98. The Morgan fingerprint density at radius 3 is 2.81 bits per heavy atom. The fraction of sp³-hybridized carbons (Fsp3) is 0.100. The number of hydrogen-bond acceptors (Lipinski definition) is 4. The van der Waals surface area contributed by atoms with Gasteiger partial charge in [0.25, 0.3) is 0 Å². The van der Waals surface area contributed by atoms with Gasteiger partial charge >= 0.3 is 0 Å². The summed E-state index contributed by atoms with van der Waals surface area (Å²) >= 11 is 0. The highest BCUT2D eigenvalue weighted by Gasteiger charge is 2.20. The van der Waals surface area contributed by atoms with E-state index >= 15 is 0 Å². The highest BCUT2D eigenvalue weighted by atomic mass is 32.2. The van der Waals surface area contributed by atoms with Gasteiger partial charge < -0.3 is 4.74 Å². The molecule has 1 aromatic rings. The zero-order chi connectivity index (χ0) is 11.6. The van der Waals surface area contributed by atoms with Crippen molar-refractivity contribution in [3.8, 4) is 5.75 Å². The summed E-state index contributed by atoms with van der Waals surface area (Å²) in [5, 5.41) is 0.925. The van der Waals surface area contributed by atoms with Crippen LogP contribution in [-0.2, 0) is 9.84 Å². The van der Waals surface area contributed by atoms with Gasteiger partial charge in [0, 0.05) is 12.3 Å². The lowest BCUT2D eigenvalue weighted by Crippen LogP contribution is -2.17. The smallest absolute Gasteiger partial charge is 0.218 e. The van der Waals surface area contributed by atoms with Crippen molar-refractivity contribution in [1.82, 2.24) is 0 Å². The number of benzene rings is 1. The molecule has 1 heterocycles. The minimum absolute atomic E-state index is 0.0724. The van der Waals surface area contributed by atoms with Gasteiger partial charge in [-0.05, 0) is 12.1 Å². The fourth-order valence-electron chi connectivity index (χ4n) is 1.17. The lowest BCUT2D eigenvalue weighted by Gasteiger charge is -2.05. The van der Waals surface area contributed by atoms with Crippen LogP contribution in [0.25, 0.3) is 0 Å². The van der Waals surface area contributed by atoms with Crippen molar-refractivity contribution < 1.29 is 17.5 Å². The van der Waals surface area contributed by atoms with Gasteiger partial charge in [0.2, 0.25) is 9.84 Å². The first kappa shape index (κ1) is 10.8. The molecule has 1 aliphatic rings. The molecule has 0 amide bonds.